The predicted octanol–water partition coefficient (Wildman–Crippen LogP) is 8.87. The fourth-order valence-electron chi connectivity index (χ4n) is 8.63. The van der Waals surface area contributed by atoms with Crippen molar-refractivity contribution in [2.45, 2.75) is 45.9 Å². The number of benzene rings is 4. The van der Waals surface area contributed by atoms with Crippen LogP contribution in [0.2, 0.25) is 5.02 Å². The Labute approximate surface area is 411 Å². The number of aliphatic hydroxyl groups is 2. The van der Waals surface area contributed by atoms with Gasteiger partial charge >= 0.3 is 6.36 Å². The van der Waals surface area contributed by atoms with Gasteiger partial charge < -0.3 is 35.4 Å². The highest BCUT2D eigenvalue weighted by Crippen LogP contribution is 2.29. The molecule has 2 amide bonds. The number of amides is 2. The quantitative estimate of drug-likeness (QED) is 0.0777. The Morgan fingerprint density at radius 2 is 1.21 bits per heavy atom. The molecule has 70 heavy (non-hydrogen) atoms. The van der Waals surface area contributed by atoms with E-state index in [1.807, 2.05) is 61.5 Å². The van der Waals surface area contributed by atoms with Crippen molar-refractivity contribution >= 4 is 74.3 Å². The SMILES string of the molecule is Cc1cc(N2CCCN(CCO)CC2)nc2ccc(NC(=O)C=Cc3ccc(OC(F)(F)F)cc3)cc12.Cc1cc(N2CCCN(CCO)CC2)nc2ccc(NC(=O)CCc3ccc(Cl)cc3)cc12. The number of hydrogen-bond acceptors (Lipinski definition) is 11. The van der Waals surface area contributed by atoms with E-state index in [1.165, 1.54) is 36.4 Å². The summed E-state index contributed by atoms with van der Waals surface area (Å²) in [5.74, 6) is 1.21. The van der Waals surface area contributed by atoms with Gasteiger partial charge in [-0.15, -0.1) is 13.2 Å². The standard InChI is InChI=1S/C27H29F3N4O3.C26H31ClN4O2/c1-19-17-25(34-12-2-11-33(13-14-34)15-16-35)32-24-9-6-21(18-23(19)24)31-26(36)10-5-20-3-7-22(8-4-20)37-27(28,29)30;1-19-17-25(31-12-2-11-30(13-14-31)15-16-32)29-24-9-8-22(18-23(19)24)28-26(33)10-5-20-3-6-21(27)7-4-20/h3-10,17-18,35H,2,11-16H2,1H3,(H,31,36);3-4,6-9,17-18,32H,2,5,10-16H2,1H3,(H,28,33). The molecule has 2 aliphatic heterocycles. The van der Waals surface area contributed by atoms with Gasteiger partial charge in [-0.1, -0.05) is 35.9 Å². The molecule has 0 unspecified atom stereocenters. The summed E-state index contributed by atoms with van der Waals surface area (Å²) in [6, 6.07) is 28.5. The molecule has 17 heteroatoms. The van der Waals surface area contributed by atoms with Gasteiger partial charge in [-0.3, -0.25) is 19.4 Å². The van der Waals surface area contributed by atoms with Crippen LogP contribution in [0.1, 0.15) is 41.5 Å². The Morgan fingerprint density at radius 3 is 1.73 bits per heavy atom. The molecule has 4 heterocycles. The van der Waals surface area contributed by atoms with Crippen molar-refractivity contribution in [2.24, 2.45) is 0 Å². The summed E-state index contributed by atoms with van der Waals surface area (Å²) in [5.41, 5.74) is 7.01. The third-order valence-corrected chi connectivity index (χ3v) is 12.6. The molecule has 0 saturated carbocycles. The van der Waals surface area contributed by atoms with E-state index >= 15 is 0 Å². The number of halogens is 4. The molecule has 2 aliphatic rings. The number of pyridine rings is 2. The van der Waals surface area contributed by atoms with E-state index in [4.69, 9.17) is 21.6 Å². The second-order valence-electron chi connectivity index (χ2n) is 17.5. The highest BCUT2D eigenvalue weighted by atomic mass is 35.5. The van der Waals surface area contributed by atoms with Crippen LogP contribution in [0.25, 0.3) is 27.9 Å². The van der Waals surface area contributed by atoms with Crippen LogP contribution in [0.3, 0.4) is 0 Å². The lowest BCUT2D eigenvalue weighted by molar-refractivity contribution is -0.274. The first kappa shape index (κ1) is 51.5. The molecule has 2 saturated heterocycles. The Balaban J connectivity index is 0.000000208. The number of fused-ring (bicyclic) bond motifs is 2. The summed E-state index contributed by atoms with van der Waals surface area (Å²) in [6.07, 6.45) is 1.22. The van der Waals surface area contributed by atoms with E-state index in [1.54, 1.807) is 6.07 Å². The minimum absolute atomic E-state index is 0.0106. The Kier molecular flexibility index (Phi) is 18.0. The number of aryl methyl sites for hydroxylation is 3. The zero-order chi connectivity index (χ0) is 49.6. The fraction of sp³-hybridized carbons (Fsp3) is 0.358. The number of alkyl halides is 3. The van der Waals surface area contributed by atoms with E-state index in [0.29, 0.717) is 35.7 Å². The summed E-state index contributed by atoms with van der Waals surface area (Å²) in [4.78, 5) is 43.8. The lowest BCUT2D eigenvalue weighted by Gasteiger charge is -2.23. The van der Waals surface area contributed by atoms with Gasteiger partial charge in [-0.05, 0) is 147 Å². The van der Waals surface area contributed by atoms with Crippen molar-refractivity contribution in [3.63, 3.8) is 0 Å². The summed E-state index contributed by atoms with van der Waals surface area (Å²) in [5, 5.41) is 26.9. The van der Waals surface area contributed by atoms with Gasteiger partial charge in [0.1, 0.15) is 17.4 Å². The average molecular weight is 982 g/mol. The van der Waals surface area contributed by atoms with Crippen molar-refractivity contribution in [1.29, 1.82) is 0 Å². The first-order valence-corrected chi connectivity index (χ1v) is 24.0. The number of carbonyl (C=O) groups is 2. The number of β-amino-alcohol motifs (C(OH)–C–C–N with tert-alkyl or cyclic N) is 2. The normalized spacial score (nSPS) is 15.1. The maximum atomic E-state index is 12.5. The summed E-state index contributed by atoms with van der Waals surface area (Å²) >= 11 is 5.92. The number of ether oxygens (including phenoxy) is 1. The highest BCUT2D eigenvalue weighted by Gasteiger charge is 2.31. The Morgan fingerprint density at radius 1 is 0.686 bits per heavy atom. The van der Waals surface area contributed by atoms with Crippen LogP contribution in [0.5, 0.6) is 5.75 Å². The van der Waals surface area contributed by atoms with Gasteiger partial charge in [0.15, 0.2) is 0 Å². The second-order valence-corrected chi connectivity index (χ2v) is 17.9. The van der Waals surface area contributed by atoms with Gasteiger partial charge in [0.05, 0.1) is 24.2 Å². The zero-order valence-electron chi connectivity index (χ0n) is 39.5. The van der Waals surface area contributed by atoms with Gasteiger partial charge in [0.25, 0.3) is 0 Å². The number of aromatic nitrogens is 2. The molecule has 4 N–H and O–H groups in total. The molecule has 370 valence electrons. The van der Waals surface area contributed by atoms with Crippen LogP contribution in [0, 0.1) is 13.8 Å². The number of rotatable bonds is 14. The first-order chi connectivity index (χ1) is 33.7. The van der Waals surface area contributed by atoms with E-state index in [0.717, 1.165) is 128 Å². The highest BCUT2D eigenvalue weighted by molar-refractivity contribution is 6.30. The number of nitrogens with zero attached hydrogens (tertiary/aromatic N) is 6. The molecule has 0 aliphatic carbocycles. The molecule has 0 atom stereocenters. The van der Waals surface area contributed by atoms with Crippen LogP contribution in [-0.4, -0.2) is 127 Å². The fourth-order valence-corrected chi connectivity index (χ4v) is 8.76. The molecule has 0 spiro atoms. The molecule has 2 fully saturated rings. The molecule has 0 radical (unpaired) electrons. The molecule has 2 aromatic heterocycles. The molecule has 13 nitrogen and oxygen atoms in total. The van der Waals surface area contributed by atoms with Crippen LogP contribution in [0.15, 0.2) is 103 Å². The zero-order valence-corrected chi connectivity index (χ0v) is 40.3. The van der Waals surface area contributed by atoms with E-state index < -0.39 is 6.36 Å². The lowest BCUT2D eigenvalue weighted by atomic mass is 10.1. The smallest absolute Gasteiger partial charge is 0.406 e. The summed E-state index contributed by atoms with van der Waals surface area (Å²) in [6.45, 7) is 13.3. The first-order valence-electron chi connectivity index (χ1n) is 23.6. The van der Waals surface area contributed by atoms with E-state index in [2.05, 4.69) is 54.0 Å². The Bertz CT molecular complexity index is 2740. The van der Waals surface area contributed by atoms with Crippen molar-refractivity contribution in [3.05, 3.63) is 130 Å². The largest absolute Gasteiger partial charge is 0.573 e. The minimum Gasteiger partial charge on any atom is -0.406 e. The molecule has 4 aromatic carbocycles. The average Bonchev–Trinajstić information content (AvgIpc) is 3.72. The monoisotopic (exact) mass is 980 g/mol. The number of aliphatic hydroxyl groups excluding tert-OH is 2. The van der Waals surface area contributed by atoms with E-state index in [9.17, 15) is 33.0 Å². The van der Waals surface area contributed by atoms with Crippen molar-refractivity contribution in [2.75, 3.05) is 99.1 Å². The van der Waals surface area contributed by atoms with Crippen molar-refractivity contribution in [1.82, 2.24) is 19.8 Å². The lowest BCUT2D eigenvalue weighted by Crippen LogP contribution is -2.32. The molecular weight excluding hydrogens is 921 g/mol. The topological polar surface area (TPSA) is 147 Å². The number of nitrogens with one attached hydrogen (secondary N) is 2. The maximum absolute atomic E-state index is 12.5. The molecular formula is C53H60ClF3N8O5. The van der Waals surface area contributed by atoms with Crippen LogP contribution in [-0.2, 0) is 16.0 Å². The van der Waals surface area contributed by atoms with Gasteiger partial charge in [-0.25, -0.2) is 9.97 Å². The number of hydrogen-bond donors (Lipinski definition) is 4. The number of anilines is 4. The van der Waals surface area contributed by atoms with Gasteiger partial charge in [-0.2, -0.15) is 0 Å². The molecule has 8 rings (SSSR count). The summed E-state index contributed by atoms with van der Waals surface area (Å²) < 4.78 is 40.7. The van der Waals surface area contributed by atoms with Crippen molar-refractivity contribution in [3.8, 4) is 5.75 Å². The van der Waals surface area contributed by atoms with Gasteiger partial charge in [0, 0.05) is 92.0 Å². The van der Waals surface area contributed by atoms with Crippen LogP contribution < -0.4 is 25.2 Å². The minimum atomic E-state index is -4.75. The third-order valence-electron chi connectivity index (χ3n) is 12.3. The maximum Gasteiger partial charge on any atom is 0.573 e. The van der Waals surface area contributed by atoms with Gasteiger partial charge in [0.2, 0.25) is 11.8 Å². The number of carbonyl (C=O) groups excluding carboxylic acids is 2. The van der Waals surface area contributed by atoms with E-state index in [-0.39, 0.29) is 30.8 Å². The molecule has 6 aromatic rings. The molecule has 0 bridgehead atoms. The van der Waals surface area contributed by atoms with Crippen LogP contribution >= 0.6 is 11.6 Å². The Hall–Kier alpha value is -6.30. The third kappa shape index (κ3) is 15.1. The second kappa shape index (κ2) is 24.5. The summed E-state index contributed by atoms with van der Waals surface area (Å²) in [7, 11) is 0. The van der Waals surface area contributed by atoms with Crippen LogP contribution in [0.4, 0.5) is 36.2 Å². The van der Waals surface area contributed by atoms with Crippen molar-refractivity contribution < 1.29 is 37.7 Å². The predicted molar refractivity (Wildman–Crippen MR) is 273 cm³/mol.